The third kappa shape index (κ3) is 3.28. The fourth-order valence-electron chi connectivity index (χ4n) is 1.65. The quantitative estimate of drug-likeness (QED) is 0.783. The van der Waals surface area contributed by atoms with Crippen LogP contribution < -0.4 is 10.5 Å². The Kier molecular flexibility index (Phi) is 4.16. The first-order chi connectivity index (χ1) is 8.92. The zero-order valence-corrected chi connectivity index (χ0v) is 13.2. The van der Waals surface area contributed by atoms with E-state index >= 15 is 0 Å². The van der Waals surface area contributed by atoms with E-state index in [0.717, 1.165) is 3.57 Å². The molecule has 0 saturated heterocycles. The van der Waals surface area contributed by atoms with Crippen molar-refractivity contribution in [2.75, 3.05) is 4.72 Å². The van der Waals surface area contributed by atoms with Crippen LogP contribution in [0.1, 0.15) is 11.5 Å². The second kappa shape index (κ2) is 5.51. The fraction of sp³-hybridized carbons (Fsp3) is 0.167. The van der Waals surface area contributed by atoms with Gasteiger partial charge in [0.25, 0.3) is 10.0 Å². The van der Waals surface area contributed by atoms with E-state index in [9.17, 15) is 8.42 Å². The summed E-state index contributed by atoms with van der Waals surface area (Å²) in [6, 6.07) is 8.56. The van der Waals surface area contributed by atoms with E-state index in [1.165, 1.54) is 6.07 Å². The summed E-state index contributed by atoms with van der Waals surface area (Å²) in [4.78, 5) is 0.117. The minimum atomic E-state index is -3.65. The number of aryl methyl sites for hydroxylation is 1. The van der Waals surface area contributed by atoms with Gasteiger partial charge in [0.2, 0.25) is 0 Å². The van der Waals surface area contributed by atoms with Crippen molar-refractivity contribution in [1.29, 1.82) is 0 Å². The Balaban J connectivity index is 2.34. The number of nitrogens with one attached hydrogen (secondary N) is 1. The van der Waals surface area contributed by atoms with Gasteiger partial charge in [-0.2, -0.15) is 0 Å². The van der Waals surface area contributed by atoms with Gasteiger partial charge in [-0.1, -0.05) is 6.07 Å². The van der Waals surface area contributed by atoms with Gasteiger partial charge < -0.3 is 10.2 Å². The number of hydrogen-bond acceptors (Lipinski definition) is 4. The molecule has 0 saturated carbocycles. The van der Waals surface area contributed by atoms with Gasteiger partial charge in [-0.05, 0) is 47.7 Å². The van der Waals surface area contributed by atoms with Crippen molar-refractivity contribution in [3.8, 4) is 0 Å². The van der Waals surface area contributed by atoms with Crippen LogP contribution in [0.15, 0.2) is 39.6 Å². The molecule has 7 heteroatoms. The first kappa shape index (κ1) is 14.4. The molecule has 0 aliphatic carbocycles. The third-order valence-corrected chi connectivity index (χ3v) is 4.65. The highest BCUT2D eigenvalue weighted by atomic mass is 127. The van der Waals surface area contributed by atoms with Crippen molar-refractivity contribution in [3.63, 3.8) is 0 Å². The van der Waals surface area contributed by atoms with Crippen LogP contribution in [-0.2, 0) is 16.6 Å². The molecule has 0 atom stereocenters. The highest BCUT2D eigenvalue weighted by Crippen LogP contribution is 2.23. The predicted molar refractivity (Wildman–Crippen MR) is 81.3 cm³/mol. The summed E-state index contributed by atoms with van der Waals surface area (Å²) in [7, 11) is -3.65. The standard InChI is InChI=1S/C12H13IN2O3S/c1-8-12(6-11(7-14)18-8)19(16,17)15-10-4-2-3-9(13)5-10/h2-6,15H,7,14H2,1H3. The molecular weight excluding hydrogens is 379 g/mol. The molecule has 0 fully saturated rings. The number of sulfonamides is 1. The van der Waals surface area contributed by atoms with Gasteiger partial charge in [0.15, 0.2) is 0 Å². The zero-order chi connectivity index (χ0) is 14.0. The molecule has 102 valence electrons. The van der Waals surface area contributed by atoms with Crippen LogP contribution >= 0.6 is 22.6 Å². The Morgan fingerprint density at radius 3 is 2.68 bits per heavy atom. The summed E-state index contributed by atoms with van der Waals surface area (Å²) in [6.45, 7) is 1.77. The molecule has 3 N–H and O–H groups in total. The van der Waals surface area contributed by atoms with Crippen LogP contribution in [0.25, 0.3) is 0 Å². The normalized spacial score (nSPS) is 11.5. The molecular formula is C12H13IN2O3S. The van der Waals surface area contributed by atoms with Crippen molar-refractivity contribution >= 4 is 38.3 Å². The number of halogens is 1. The van der Waals surface area contributed by atoms with E-state index in [0.29, 0.717) is 17.2 Å². The lowest BCUT2D eigenvalue weighted by Gasteiger charge is -2.07. The first-order valence-electron chi connectivity index (χ1n) is 5.50. The second-order valence-electron chi connectivity index (χ2n) is 3.95. The molecule has 2 aromatic rings. The van der Waals surface area contributed by atoms with E-state index in [4.69, 9.17) is 10.2 Å². The average molecular weight is 392 g/mol. The number of benzene rings is 1. The minimum absolute atomic E-state index is 0.117. The maximum atomic E-state index is 12.2. The molecule has 0 aliphatic heterocycles. The van der Waals surface area contributed by atoms with Crippen molar-refractivity contribution in [2.24, 2.45) is 5.73 Å². The van der Waals surface area contributed by atoms with E-state index in [1.54, 1.807) is 25.1 Å². The summed E-state index contributed by atoms with van der Waals surface area (Å²) < 4.78 is 33.2. The highest BCUT2D eigenvalue weighted by Gasteiger charge is 2.21. The van der Waals surface area contributed by atoms with Gasteiger partial charge >= 0.3 is 0 Å². The molecule has 1 aromatic heterocycles. The predicted octanol–water partition coefficient (Wildman–Crippen LogP) is 2.45. The van der Waals surface area contributed by atoms with Crippen LogP contribution in [0.4, 0.5) is 5.69 Å². The topological polar surface area (TPSA) is 85.3 Å². The van der Waals surface area contributed by atoms with Gasteiger partial charge in [0.05, 0.1) is 6.54 Å². The summed E-state index contributed by atoms with van der Waals surface area (Å²) in [5, 5.41) is 0. The summed E-state index contributed by atoms with van der Waals surface area (Å²) in [5.41, 5.74) is 5.95. The van der Waals surface area contributed by atoms with Gasteiger partial charge in [-0.15, -0.1) is 0 Å². The average Bonchev–Trinajstić information content (AvgIpc) is 2.71. The zero-order valence-electron chi connectivity index (χ0n) is 10.2. The molecule has 0 radical (unpaired) electrons. The lowest BCUT2D eigenvalue weighted by molar-refractivity contribution is 0.479. The molecule has 1 aromatic carbocycles. The van der Waals surface area contributed by atoms with Crippen LogP contribution in [0, 0.1) is 10.5 Å². The van der Waals surface area contributed by atoms with E-state index in [2.05, 4.69) is 27.3 Å². The molecule has 0 unspecified atom stereocenters. The van der Waals surface area contributed by atoms with Crippen molar-refractivity contribution in [3.05, 3.63) is 45.4 Å². The number of nitrogens with two attached hydrogens (primary N) is 1. The molecule has 19 heavy (non-hydrogen) atoms. The number of anilines is 1. The van der Waals surface area contributed by atoms with Crippen LogP contribution in [0.3, 0.4) is 0 Å². The van der Waals surface area contributed by atoms with Gasteiger partial charge in [0, 0.05) is 15.3 Å². The Hall–Kier alpha value is -1.06. The highest BCUT2D eigenvalue weighted by molar-refractivity contribution is 14.1. The molecule has 0 spiro atoms. The van der Waals surface area contributed by atoms with E-state index in [-0.39, 0.29) is 11.4 Å². The smallest absolute Gasteiger partial charge is 0.265 e. The molecule has 0 amide bonds. The van der Waals surface area contributed by atoms with Gasteiger partial charge in [-0.3, -0.25) is 4.72 Å². The van der Waals surface area contributed by atoms with Gasteiger partial charge in [0.1, 0.15) is 16.4 Å². The van der Waals surface area contributed by atoms with Crippen molar-refractivity contribution in [1.82, 2.24) is 0 Å². The van der Waals surface area contributed by atoms with E-state index < -0.39 is 10.0 Å². The Labute approximate surface area is 125 Å². The number of rotatable bonds is 4. The van der Waals surface area contributed by atoms with Crippen LogP contribution in [0.2, 0.25) is 0 Å². The second-order valence-corrected chi connectivity index (χ2v) is 6.85. The monoisotopic (exact) mass is 392 g/mol. The van der Waals surface area contributed by atoms with Crippen LogP contribution in [0.5, 0.6) is 0 Å². The summed E-state index contributed by atoms with van der Waals surface area (Å²) >= 11 is 2.12. The largest absolute Gasteiger partial charge is 0.464 e. The fourth-order valence-corrected chi connectivity index (χ4v) is 3.45. The Bertz CT molecular complexity index is 695. The lowest BCUT2D eigenvalue weighted by Crippen LogP contribution is -2.13. The first-order valence-corrected chi connectivity index (χ1v) is 8.06. The summed E-state index contributed by atoms with van der Waals surface area (Å²) in [5.74, 6) is 0.777. The molecule has 0 aliphatic rings. The number of furan rings is 1. The van der Waals surface area contributed by atoms with Crippen LogP contribution in [-0.4, -0.2) is 8.42 Å². The lowest BCUT2D eigenvalue weighted by atomic mass is 10.3. The molecule has 2 rings (SSSR count). The number of hydrogen-bond donors (Lipinski definition) is 2. The SMILES string of the molecule is Cc1oc(CN)cc1S(=O)(=O)Nc1cccc(I)c1. The third-order valence-electron chi connectivity index (χ3n) is 2.49. The maximum absolute atomic E-state index is 12.2. The maximum Gasteiger partial charge on any atom is 0.265 e. The molecule has 1 heterocycles. The van der Waals surface area contributed by atoms with Gasteiger partial charge in [-0.25, -0.2) is 8.42 Å². The van der Waals surface area contributed by atoms with E-state index in [1.807, 2.05) is 6.07 Å². The summed E-state index contributed by atoms with van der Waals surface area (Å²) in [6.07, 6.45) is 0. The molecule has 5 nitrogen and oxygen atoms in total. The van der Waals surface area contributed by atoms with Crippen molar-refractivity contribution in [2.45, 2.75) is 18.4 Å². The minimum Gasteiger partial charge on any atom is -0.464 e. The Morgan fingerprint density at radius 2 is 2.11 bits per heavy atom. The molecule has 0 bridgehead atoms. The Morgan fingerprint density at radius 1 is 1.37 bits per heavy atom. The van der Waals surface area contributed by atoms with Crippen molar-refractivity contribution < 1.29 is 12.8 Å².